The SMILES string of the molecule is COc1ccc(-n2cc(CN3CCN(CCO)CC3)c(-c3cccc(F)c3)n2)cc1. The van der Waals surface area contributed by atoms with Crippen LogP contribution in [0.5, 0.6) is 5.75 Å². The molecule has 1 aromatic heterocycles. The lowest BCUT2D eigenvalue weighted by Crippen LogP contribution is -2.46. The Morgan fingerprint density at radius 1 is 1.03 bits per heavy atom. The molecule has 6 nitrogen and oxygen atoms in total. The van der Waals surface area contributed by atoms with E-state index in [1.165, 1.54) is 12.1 Å². The zero-order valence-electron chi connectivity index (χ0n) is 17.2. The highest BCUT2D eigenvalue weighted by Crippen LogP contribution is 2.26. The van der Waals surface area contributed by atoms with E-state index in [1.807, 2.05) is 41.2 Å². The van der Waals surface area contributed by atoms with Gasteiger partial charge in [0.25, 0.3) is 0 Å². The van der Waals surface area contributed by atoms with Crippen LogP contribution in [-0.2, 0) is 6.54 Å². The Labute approximate surface area is 176 Å². The Morgan fingerprint density at radius 2 is 1.77 bits per heavy atom. The normalized spacial score (nSPS) is 15.4. The Morgan fingerprint density at radius 3 is 2.43 bits per heavy atom. The summed E-state index contributed by atoms with van der Waals surface area (Å²) in [4.78, 5) is 4.65. The Bertz CT molecular complexity index is 966. The first-order valence-corrected chi connectivity index (χ1v) is 10.2. The number of halogens is 1. The number of nitrogens with zero attached hydrogens (tertiary/aromatic N) is 4. The summed E-state index contributed by atoms with van der Waals surface area (Å²) in [6, 6.07) is 14.3. The number of ether oxygens (including phenoxy) is 1. The van der Waals surface area contributed by atoms with E-state index in [1.54, 1.807) is 13.2 Å². The molecule has 1 aliphatic rings. The van der Waals surface area contributed by atoms with Crippen LogP contribution in [0, 0.1) is 5.82 Å². The highest BCUT2D eigenvalue weighted by molar-refractivity contribution is 5.63. The van der Waals surface area contributed by atoms with Gasteiger partial charge < -0.3 is 9.84 Å². The lowest BCUT2D eigenvalue weighted by atomic mass is 10.1. The third-order valence-electron chi connectivity index (χ3n) is 5.50. The summed E-state index contributed by atoms with van der Waals surface area (Å²) in [6.45, 7) is 5.38. The topological polar surface area (TPSA) is 53.8 Å². The van der Waals surface area contributed by atoms with Gasteiger partial charge in [-0.2, -0.15) is 5.10 Å². The first kappa shape index (κ1) is 20.5. The van der Waals surface area contributed by atoms with Crippen molar-refractivity contribution in [3.63, 3.8) is 0 Å². The molecular formula is C23H27FN4O2. The van der Waals surface area contributed by atoms with Gasteiger partial charge in [0.05, 0.1) is 25.1 Å². The average molecular weight is 410 g/mol. The minimum atomic E-state index is -0.268. The number of aromatic nitrogens is 2. The predicted octanol–water partition coefficient (Wildman–Crippen LogP) is 2.80. The van der Waals surface area contributed by atoms with Crippen molar-refractivity contribution in [2.45, 2.75) is 6.54 Å². The predicted molar refractivity (Wildman–Crippen MR) is 114 cm³/mol. The van der Waals surface area contributed by atoms with Crippen LogP contribution in [0.4, 0.5) is 4.39 Å². The first-order chi connectivity index (χ1) is 14.7. The van der Waals surface area contributed by atoms with Gasteiger partial charge >= 0.3 is 0 Å². The lowest BCUT2D eigenvalue weighted by Gasteiger charge is -2.34. The molecule has 0 bridgehead atoms. The molecule has 30 heavy (non-hydrogen) atoms. The Hall–Kier alpha value is -2.74. The van der Waals surface area contributed by atoms with Crippen LogP contribution in [0.25, 0.3) is 16.9 Å². The van der Waals surface area contributed by atoms with E-state index in [0.29, 0.717) is 0 Å². The van der Waals surface area contributed by atoms with E-state index in [2.05, 4.69) is 9.80 Å². The number of aliphatic hydroxyl groups is 1. The number of benzene rings is 2. The Balaban J connectivity index is 1.61. The van der Waals surface area contributed by atoms with Crippen molar-refractivity contribution in [1.29, 1.82) is 0 Å². The zero-order chi connectivity index (χ0) is 20.9. The number of piperazine rings is 1. The first-order valence-electron chi connectivity index (χ1n) is 10.2. The van der Waals surface area contributed by atoms with Gasteiger partial charge in [-0.05, 0) is 36.4 Å². The van der Waals surface area contributed by atoms with Crippen LogP contribution in [0.2, 0.25) is 0 Å². The zero-order valence-corrected chi connectivity index (χ0v) is 17.2. The van der Waals surface area contributed by atoms with E-state index in [0.717, 1.165) is 67.5 Å². The smallest absolute Gasteiger partial charge is 0.123 e. The van der Waals surface area contributed by atoms with Crippen molar-refractivity contribution >= 4 is 0 Å². The highest BCUT2D eigenvalue weighted by Gasteiger charge is 2.20. The van der Waals surface area contributed by atoms with Gasteiger partial charge in [-0.15, -0.1) is 0 Å². The van der Waals surface area contributed by atoms with Crippen LogP contribution in [0.1, 0.15) is 5.56 Å². The molecule has 0 spiro atoms. The van der Waals surface area contributed by atoms with E-state index in [-0.39, 0.29) is 12.4 Å². The van der Waals surface area contributed by atoms with Crippen molar-refractivity contribution in [1.82, 2.24) is 19.6 Å². The fourth-order valence-electron chi connectivity index (χ4n) is 3.82. The molecule has 0 saturated carbocycles. The third-order valence-corrected chi connectivity index (χ3v) is 5.50. The summed E-state index contributed by atoms with van der Waals surface area (Å²) in [5.41, 5.74) is 3.55. The second-order valence-electron chi connectivity index (χ2n) is 7.50. The fourth-order valence-corrected chi connectivity index (χ4v) is 3.82. The number of hydrogen-bond acceptors (Lipinski definition) is 5. The van der Waals surface area contributed by atoms with Crippen molar-refractivity contribution in [2.24, 2.45) is 0 Å². The molecule has 4 rings (SSSR count). The lowest BCUT2D eigenvalue weighted by molar-refractivity contribution is 0.108. The molecule has 1 saturated heterocycles. The fraction of sp³-hybridized carbons (Fsp3) is 0.348. The van der Waals surface area contributed by atoms with Gasteiger partial charge in [0, 0.05) is 56.6 Å². The number of β-amino-alcohol motifs (C(OH)–C–C–N with tert-alkyl or cyclic N) is 1. The molecule has 0 atom stereocenters. The Kier molecular flexibility index (Phi) is 6.42. The molecule has 0 radical (unpaired) electrons. The van der Waals surface area contributed by atoms with Crippen molar-refractivity contribution < 1.29 is 14.2 Å². The molecule has 2 heterocycles. The highest BCUT2D eigenvalue weighted by atomic mass is 19.1. The summed E-state index contributed by atoms with van der Waals surface area (Å²) < 4.78 is 21.0. The summed E-state index contributed by atoms with van der Waals surface area (Å²) >= 11 is 0. The van der Waals surface area contributed by atoms with Crippen LogP contribution in [0.15, 0.2) is 54.7 Å². The van der Waals surface area contributed by atoms with Gasteiger partial charge in [0.2, 0.25) is 0 Å². The van der Waals surface area contributed by atoms with Gasteiger partial charge in [-0.3, -0.25) is 9.80 Å². The van der Waals surface area contributed by atoms with Crippen LogP contribution in [0.3, 0.4) is 0 Å². The molecular weight excluding hydrogens is 383 g/mol. The van der Waals surface area contributed by atoms with E-state index in [4.69, 9.17) is 14.9 Å². The molecule has 7 heteroatoms. The molecule has 2 aromatic carbocycles. The second kappa shape index (κ2) is 9.38. The maximum atomic E-state index is 13.9. The molecule has 3 aromatic rings. The number of methoxy groups -OCH3 is 1. The van der Waals surface area contributed by atoms with Crippen LogP contribution < -0.4 is 4.74 Å². The molecule has 0 amide bonds. The third kappa shape index (κ3) is 4.70. The number of hydrogen-bond donors (Lipinski definition) is 1. The number of rotatable bonds is 7. The van der Waals surface area contributed by atoms with Gasteiger partial charge in [0.1, 0.15) is 11.6 Å². The van der Waals surface area contributed by atoms with E-state index < -0.39 is 0 Å². The standard InChI is InChI=1S/C23H27FN4O2/c1-30-22-7-5-21(6-8-22)28-17-19(16-27-11-9-26(10-12-27)13-14-29)23(25-28)18-3-2-4-20(24)15-18/h2-8,15,17,29H,9-14,16H2,1H3. The minimum absolute atomic E-state index is 0.193. The summed E-state index contributed by atoms with van der Waals surface area (Å²) in [5, 5.41) is 13.9. The molecule has 0 aliphatic carbocycles. The molecule has 158 valence electrons. The second-order valence-corrected chi connectivity index (χ2v) is 7.50. The maximum absolute atomic E-state index is 13.9. The van der Waals surface area contributed by atoms with Crippen molar-refractivity contribution in [3.05, 3.63) is 66.1 Å². The maximum Gasteiger partial charge on any atom is 0.123 e. The molecule has 1 aliphatic heterocycles. The van der Waals surface area contributed by atoms with Crippen molar-refractivity contribution in [2.75, 3.05) is 46.4 Å². The van der Waals surface area contributed by atoms with Crippen LogP contribution >= 0.6 is 0 Å². The summed E-state index contributed by atoms with van der Waals surface area (Å²) in [7, 11) is 1.64. The quantitative estimate of drug-likeness (QED) is 0.649. The largest absolute Gasteiger partial charge is 0.497 e. The van der Waals surface area contributed by atoms with Crippen LogP contribution in [-0.4, -0.2) is 71.1 Å². The van der Waals surface area contributed by atoms with Gasteiger partial charge in [-0.1, -0.05) is 12.1 Å². The number of aliphatic hydroxyl groups excluding tert-OH is 1. The summed E-state index contributed by atoms with van der Waals surface area (Å²) in [6.07, 6.45) is 2.03. The van der Waals surface area contributed by atoms with E-state index in [9.17, 15) is 4.39 Å². The van der Waals surface area contributed by atoms with E-state index >= 15 is 0 Å². The van der Waals surface area contributed by atoms with Crippen molar-refractivity contribution in [3.8, 4) is 22.7 Å². The summed E-state index contributed by atoms with van der Waals surface area (Å²) in [5.74, 6) is 0.521. The monoisotopic (exact) mass is 410 g/mol. The average Bonchev–Trinajstić information content (AvgIpc) is 3.19. The molecule has 0 unspecified atom stereocenters. The molecule has 1 fully saturated rings. The molecule has 1 N–H and O–H groups in total. The van der Waals surface area contributed by atoms with Gasteiger partial charge in [-0.25, -0.2) is 9.07 Å². The van der Waals surface area contributed by atoms with Gasteiger partial charge in [0.15, 0.2) is 0 Å². The minimum Gasteiger partial charge on any atom is -0.497 e.